The average molecular weight is 426 g/mol. The van der Waals surface area contributed by atoms with Crippen molar-refractivity contribution in [3.8, 4) is 6.07 Å². The van der Waals surface area contributed by atoms with Gasteiger partial charge in [-0.15, -0.1) is 10.2 Å². The summed E-state index contributed by atoms with van der Waals surface area (Å²) in [5.74, 6) is 0.901. The lowest BCUT2D eigenvalue weighted by atomic mass is 10.0. The Bertz CT molecular complexity index is 882. The smallest absolute Gasteiger partial charge is 0.227 e. The van der Waals surface area contributed by atoms with Crippen molar-refractivity contribution in [1.29, 1.82) is 5.26 Å². The Morgan fingerprint density at radius 1 is 1.06 bits per heavy atom. The van der Waals surface area contributed by atoms with Crippen LogP contribution in [0, 0.1) is 17.1 Å². The predicted octanol–water partition coefficient (Wildman–Crippen LogP) is 4.31. The first-order valence-electron chi connectivity index (χ1n) is 11.2. The van der Waals surface area contributed by atoms with Crippen LogP contribution in [0.15, 0.2) is 30.3 Å². The maximum absolute atomic E-state index is 14.2. The Balaban J connectivity index is 0.000000807. The maximum atomic E-state index is 14.2. The molecule has 1 aliphatic heterocycles. The molecule has 0 bridgehead atoms. The highest BCUT2D eigenvalue weighted by molar-refractivity contribution is 5.79. The molecule has 0 atom stereocenters. The second kappa shape index (κ2) is 12.0. The second-order valence-corrected chi connectivity index (χ2v) is 7.06. The first kappa shape index (κ1) is 24.3. The molecule has 2 heterocycles. The molecular weight excluding hydrogens is 393 g/mol. The number of hydrogen-bond donors (Lipinski definition) is 0. The third-order valence-electron chi connectivity index (χ3n) is 5.16. The minimum Gasteiger partial charge on any atom is -0.352 e. The molecule has 4 rings (SSSR count). The van der Waals surface area contributed by atoms with Gasteiger partial charge in [0.1, 0.15) is 11.9 Å². The summed E-state index contributed by atoms with van der Waals surface area (Å²) in [6.07, 6.45) is 2.34. The molecule has 0 unspecified atom stereocenters. The quantitative estimate of drug-likeness (QED) is 0.730. The molecule has 2 aliphatic rings. The fourth-order valence-corrected chi connectivity index (χ4v) is 3.43. The van der Waals surface area contributed by atoms with Crippen LogP contribution in [-0.4, -0.2) is 47.2 Å². The van der Waals surface area contributed by atoms with E-state index in [2.05, 4.69) is 10.2 Å². The van der Waals surface area contributed by atoms with Crippen LogP contribution in [0.5, 0.6) is 0 Å². The Morgan fingerprint density at radius 3 is 2.26 bits per heavy atom. The van der Waals surface area contributed by atoms with E-state index in [0.717, 1.165) is 24.0 Å². The number of piperazine rings is 1. The number of nitrogens with zero attached hydrogens (tertiary/aromatic N) is 5. The monoisotopic (exact) mass is 425 g/mol. The number of anilines is 1. The SMILES string of the molecule is CC.CC.N#Cc1ccc(N2CCN(C(=O)Cc3ccc(C4CC4)c(F)c3)CC2)nn1. The molecule has 0 N–H and O–H groups in total. The van der Waals surface area contributed by atoms with Crippen LogP contribution in [0.4, 0.5) is 10.2 Å². The van der Waals surface area contributed by atoms with Crippen molar-refractivity contribution in [2.24, 2.45) is 0 Å². The molecule has 0 spiro atoms. The van der Waals surface area contributed by atoms with Gasteiger partial charge < -0.3 is 9.80 Å². The van der Waals surface area contributed by atoms with Gasteiger partial charge >= 0.3 is 0 Å². The fraction of sp³-hybridized carbons (Fsp3) is 0.500. The minimum atomic E-state index is -0.188. The molecule has 1 saturated heterocycles. The van der Waals surface area contributed by atoms with Crippen molar-refractivity contribution >= 4 is 11.7 Å². The van der Waals surface area contributed by atoms with Crippen molar-refractivity contribution in [2.45, 2.75) is 52.9 Å². The third-order valence-corrected chi connectivity index (χ3v) is 5.16. The average Bonchev–Trinajstić information content (AvgIpc) is 3.67. The summed E-state index contributed by atoms with van der Waals surface area (Å²) >= 11 is 0. The molecule has 1 aromatic carbocycles. The van der Waals surface area contributed by atoms with E-state index < -0.39 is 0 Å². The maximum Gasteiger partial charge on any atom is 0.227 e. The fourth-order valence-electron chi connectivity index (χ4n) is 3.43. The number of amides is 1. The molecule has 6 nitrogen and oxygen atoms in total. The van der Waals surface area contributed by atoms with E-state index in [1.165, 1.54) is 6.07 Å². The third kappa shape index (κ3) is 6.48. The molecular formula is C24H32FN5O. The molecule has 2 aromatic rings. The highest BCUT2D eigenvalue weighted by Crippen LogP contribution is 2.41. The first-order chi connectivity index (χ1) is 15.1. The summed E-state index contributed by atoms with van der Waals surface area (Å²) in [5, 5.41) is 16.7. The van der Waals surface area contributed by atoms with Crippen LogP contribution in [-0.2, 0) is 11.2 Å². The van der Waals surface area contributed by atoms with E-state index in [-0.39, 0.29) is 23.8 Å². The molecule has 31 heavy (non-hydrogen) atoms. The van der Waals surface area contributed by atoms with Crippen LogP contribution in [0.25, 0.3) is 0 Å². The van der Waals surface area contributed by atoms with E-state index in [0.29, 0.717) is 37.9 Å². The summed E-state index contributed by atoms with van der Waals surface area (Å²) in [7, 11) is 0. The van der Waals surface area contributed by atoms with Gasteiger partial charge in [0.25, 0.3) is 0 Å². The molecule has 1 amide bonds. The zero-order chi connectivity index (χ0) is 22.8. The van der Waals surface area contributed by atoms with Gasteiger partial charge in [-0.2, -0.15) is 5.26 Å². The van der Waals surface area contributed by atoms with Gasteiger partial charge in [0.2, 0.25) is 5.91 Å². The number of halogens is 1. The van der Waals surface area contributed by atoms with Crippen molar-refractivity contribution in [2.75, 3.05) is 31.1 Å². The zero-order valence-corrected chi connectivity index (χ0v) is 18.9. The van der Waals surface area contributed by atoms with Gasteiger partial charge in [-0.3, -0.25) is 4.79 Å². The molecule has 2 fully saturated rings. The summed E-state index contributed by atoms with van der Waals surface area (Å²) in [5.41, 5.74) is 1.79. The Morgan fingerprint density at radius 2 is 1.74 bits per heavy atom. The van der Waals surface area contributed by atoms with Crippen LogP contribution < -0.4 is 4.90 Å². The number of rotatable bonds is 4. The first-order valence-corrected chi connectivity index (χ1v) is 11.2. The van der Waals surface area contributed by atoms with Gasteiger partial charge in [-0.05, 0) is 48.1 Å². The van der Waals surface area contributed by atoms with E-state index in [4.69, 9.17) is 5.26 Å². The summed E-state index contributed by atoms with van der Waals surface area (Å²) < 4.78 is 14.2. The van der Waals surface area contributed by atoms with Crippen LogP contribution in [0.3, 0.4) is 0 Å². The summed E-state index contributed by atoms with van der Waals surface area (Å²) in [4.78, 5) is 16.4. The number of nitriles is 1. The molecule has 166 valence electrons. The lowest BCUT2D eigenvalue weighted by molar-refractivity contribution is -0.130. The van der Waals surface area contributed by atoms with E-state index in [9.17, 15) is 9.18 Å². The van der Waals surface area contributed by atoms with E-state index in [1.807, 2.05) is 50.8 Å². The molecule has 1 saturated carbocycles. The topological polar surface area (TPSA) is 73.1 Å². The van der Waals surface area contributed by atoms with Crippen LogP contribution >= 0.6 is 0 Å². The number of carbonyl (C=O) groups is 1. The number of hydrogen-bond acceptors (Lipinski definition) is 5. The number of benzene rings is 1. The zero-order valence-electron chi connectivity index (χ0n) is 18.9. The highest BCUT2D eigenvalue weighted by atomic mass is 19.1. The van der Waals surface area contributed by atoms with Gasteiger partial charge in [-0.25, -0.2) is 4.39 Å². The summed E-state index contributed by atoms with van der Waals surface area (Å²) in [6, 6.07) is 10.6. The van der Waals surface area contributed by atoms with Gasteiger partial charge in [-0.1, -0.05) is 39.8 Å². The molecule has 1 aromatic heterocycles. The van der Waals surface area contributed by atoms with Crippen molar-refractivity contribution in [3.63, 3.8) is 0 Å². The van der Waals surface area contributed by atoms with Gasteiger partial charge in [0.05, 0.1) is 6.42 Å². The molecule has 0 radical (unpaired) electrons. The minimum absolute atomic E-state index is 0.0131. The normalized spacial score (nSPS) is 15.1. The molecule has 1 aliphatic carbocycles. The predicted molar refractivity (Wildman–Crippen MR) is 120 cm³/mol. The molecule has 7 heteroatoms. The van der Waals surface area contributed by atoms with Crippen molar-refractivity contribution in [3.05, 3.63) is 53.0 Å². The number of carbonyl (C=O) groups excluding carboxylic acids is 1. The van der Waals surface area contributed by atoms with Crippen LogP contribution in [0.1, 0.15) is 63.3 Å². The Hall–Kier alpha value is -3.01. The lowest BCUT2D eigenvalue weighted by Gasteiger charge is -2.35. The largest absolute Gasteiger partial charge is 0.352 e. The lowest BCUT2D eigenvalue weighted by Crippen LogP contribution is -2.49. The second-order valence-electron chi connectivity index (χ2n) is 7.06. The number of aromatic nitrogens is 2. The van der Waals surface area contributed by atoms with Crippen molar-refractivity contribution < 1.29 is 9.18 Å². The Kier molecular flexibility index (Phi) is 9.39. The van der Waals surface area contributed by atoms with Gasteiger partial charge in [0, 0.05) is 26.2 Å². The van der Waals surface area contributed by atoms with Crippen molar-refractivity contribution in [1.82, 2.24) is 15.1 Å². The van der Waals surface area contributed by atoms with E-state index >= 15 is 0 Å². The van der Waals surface area contributed by atoms with Gasteiger partial charge in [0.15, 0.2) is 11.5 Å². The highest BCUT2D eigenvalue weighted by Gasteiger charge is 2.27. The standard InChI is InChI=1S/C20H20FN5O.2C2H6/c21-18-11-14(1-5-17(18)15-2-3-15)12-20(27)26-9-7-25(8-10-26)19-6-4-16(13-22)23-24-19;2*1-2/h1,4-6,11,15H,2-3,7-10,12H2;2*1-2H3. The summed E-state index contributed by atoms with van der Waals surface area (Å²) in [6.45, 7) is 10.5. The Labute approximate surface area is 184 Å². The van der Waals surface area contributed by atoms with E-state index in [1.54, 1.807) is 17.0 Å². The van der Waals surface area contributed by atoms with Crippen LogP contribution in [0.2, 0.25) is 0 Å².